The van der Waals surface area contributed by atoms with Crippen LogP contribution in [-0.2, 0) is 6.54 Å². The van der Waals surface area contributed by atoms with Crippen molar-refractivity contribution in [1.29, 1.82) is 0 Å². The summed E-state index contributed by atoms with van der Waals surface area (Å²) in [4.78, 5) is 11.0. The van der Waals surface area contributed by atoms with Crippen LogP contribution in [0.5, 0.6) is 0 Å². The van der Waals surface area contributed by atoms with Gasteiger partial charge >= 0.3 is 0 Å². The van der Waals surface area contributed by atoms with Crippen molar-refractivity contribution in [2.75, 3.05) is 49.2 Å². The Morgan fingerprint density at radius 3 is 2.42 bits per heavy atom. The molecule has 140 valence electrons. The molecule has 0 spiro atoms. The lowest BCUT2D eigenvalue weighted by atomic mass is 10.1. The maximum atomic E-state index is 4.61. The fourth-order valence-corrected chi connectivity index (χ4v) is 4.57. The van der Waals surface area contributed by atoms with Crippen LogP contribution >= 0.6 is 11.8 Å². The molecule has 1 saturated heterocycles. The SMILES string of the molecule is CCNc1cccnc1N1CCN(Cc2cc(C)c(SC)c(C)c2)CC1. The molecule has 0 saturated carbocycles. The van der Waals surface area contributed by atoms with E-state index in [9.17, 15) is 0 Å². The van der Waals surface area contributed by atoms with E-state index in [0.29, 0.717) is 0 Å². The van der Waals surface area contributed by atoms with E-state index >= 15 is 0 Å². The lowest BCUT2D eigenvalue weighted by Crippen LogP contribution is -2.46. The number of thioether (sulfide) groups is 1. The van der Waals surface area contributed by atoms with Crippen LogP contribution in [0.2, 0.25) is 0 Å². The van der Waals surface area contributed by atoms with Gasteiger partial charge in [0.2, 0.25) is 0 Å². The number of aromatic nitrogens is 1. The Bertz CT molecular complexity index is 716. The van der Waals surface area contributed by atoms with Gasteiger partial charge in [0.1, 0.15) is 0 Å². The van der Waals surface area contributed by atoms with Crippen LogP contribution in [0.1, 0.15) is 23.6 Å². The molecule has 0 atom stereocenters. The quantitative estimate of drug-likeness (QED) is 0.771. The molecule has 1 aromatic carbocycles. The van der Waals surface area contributed by atoms with Gasteiger partial charge in [-0.1, -0.05) is 12.1 Å². The second-order valence-electron chi connectivity index (χ2n) is 6.93. The number of rotatable bonds is 6. The van der Waals surface area contributed by atoms with Gasteiger partial charge in [0.05, 0.1) is 5.69 Å². The number of benzene rings is 1. The number of hydrogen-bond donors (Lipinski definition) is 1. The van der Waals surface area contributed by atoms with Crippen LogP contribution in [-0.4, -0.2) is 48.9 Å². The highest BCUT2D eigenvalue weighted by Crippen LogP contribution is 2.27. The van der Waals surface area contributed by atoms with Crippen molar-refractivity contribution < 1.29 is 0 Å². The molecule has 0 amide bonds. The fourth-order valence-electron chi connectivity index (χ4n) is 3.81. The molecule has 3 rings (SSSR count). The van der Waals surface area contributed by atoms with Crippen molar-refractivity contribution >= 4 is 23.3 Å². The average molecular weight is 371 g/mol. The van der Waals surface area contributed by atoms with E-state index in [0.717, 1.165) is 50.8 Å². The van der Waals surface area contributed by atoms with Gasteiger partial charge in [0, 0.05) is 50.4 Å². The van der Waals surface area contributed by atoms with Crippen molar-refractivity contribution in [3.05, 3.63) is 47.2 Å². The first-order valence-corrected chi connectivity index (χ1v) is 10.6. The summed E-state index contributed by atoms with van der Waals surface area (Å²) in [6.07, 6.45) is 4.05. The smallest absolute Gasteiger partial charge is 0.152 e. The van der Waals surface area contributed by atoms with Crippen molar-refractivity contribution in [2.24, 2.45) is 0 Å². The highest BCUT2D eigenvalue weighted by molar-refractivity contribution is 7.98. The molecule has 1 aliphatic heterocycles. The van der Waals surface area contributed by atoms with Crippen LogP contribution in [0.15, 0.2) is 35.4 Å². The van der Waals surface area contributed by atoms with Crippen LogP contribution in [0.3, 0.4) is 0 Å². The minimum Gasteiger partial charge on any atom is -0.382 e. The molecule has 0 unspecified atom stereocenters. The minimum absolute atomic E-state index is 0.920. The van der Waals surface area contributed by atoms with Gasteiger partial charge in [-0.2, -0.15) is 0 Å². The Morgan fingerprint density at radius 1 is 1.12 bits per heavy atom. The Hall–Kier alpha value is -1.72. The topological polar surface area (TPSA) is 31.4 Å². The first kappa shape index (κ1) is 19.1. The Labute approximate surface area is 162 Å². The Morgan fingerprint density at radius 2 is 1.81 bits per heavy atom. The predicted octanol–water partition coefficient (Wildman–Crippen LogP) is 4.17. The first-order valence-electron chi connectivity index (χ1n) is 9.42. The van der Waals surface area contributed by atoms with E-state index in [1.807, 2.05) is 24.0 Å². The summed E-state index contributed by atoms with van der Waals surface area (Å²) in [6, 6.07) is 8.83. The predicted molar refractivity (Wildman–Crippen MR) is 114 cm³/mol. The highest BCUT2D eigenvalue weighted by Gasteiger charge is 2.20. The molecular weight excluding hydrogens is 340 g/mol. The van der Waals surface area contributed by atoms with Gasteiger partial charge in [0.25, 0.3) is 0 Å². The van der Waals surface area contributed by atoms with E-state index in [-0.39, 0.29) is 0 Å². The Balaban J connectivity index is 1.63. The molecule has 1 fully saturated rings. The maximum Gasteiger partial charge on any atom is 0.152 e. The molecule has 1 aromatic heterocycles. The number of piperazine rings is 1. The van der Waals surface area contributed by atoms with Gasteiger partial charge in [-0.3, -0.25) is 4.90 Å². The highest BCUT2D eigenvalue weighted by atomic mass is 32.2. The van der Waals surface area contributed by atoms with Crippen molar-refractivity contribution in [3.8, 4) is 0 Å². The summed E-state index contributed by atoms with van der Waals surface area (Å²) in [7, 11) is 0. The summed E-state index contributed by atoms with van der Waals surface area (Å²) in [5, 5.41) is 3.43. The number of nitrogens with zero attached hydrogens (tertiary/aromatic N) is 3. The molecule has 26 heavy (non-hydrogen) atoms. The summed E-state index contributed by atoms with van der Waals surface area (Å²) in [5.74, 6) is 1.09. The van der Waals surface area contributed by atoms with Crippen molar-refractivity contribution in [2.45, 2.75) is 32.2 Å². The van der Waals surface area contributed by atoms with E-state index in [1.54, 1.807) is 0 Å². The van der Waals surface area contributed by atoms with Crippen LogP contribution in [0, 0.1) is 13.8 Å². The van der Waals surface area contributed by atoms with Gasteiger partial charge in [-0.15, -0.1) is 11.8 Å². The van der Waals surface area contributed by atoms with Crippen LogP contribution in [0.25, 0.3) is 0 Å². The molecule has 1 N–H and O–H groups in total. The van der Waals surface area contributed by atoms with Crippen LogP contribution < -0.4 is 10.2 Å². The number of nitrogens with one attached hydrogen (secondary N) is 1. The van der Waals surface area contributed by atoms with E-state index in [1.165, 1.54) is 21.6 Å². The second-order valence-corrected chi connectivity index (χ2v) is 7.75. The third kappa shape index (κ3) is 4.33. The molecule has 2 aromatic rings. The van der Waals surface area contributed by atoms with Gasteiger partial charge in [0.15, 0.2) is 5.82 Å². The fraction of sp³-hybridized carbons (Fsp3) is 0.476. The lowest BCUT2D eigenvalue weighted by molar-refractivity contribution is 0.249. The molecule has 0 aliphatic carbocycles. The minimum atomic E-state index is 0.920. The summed E-state index contributed by atoms with van der Waals surface area (Å²) in [5.41, 5.74) is 5.37. The summed E-state index contributed by atoms with van der Waals surface area (Å²) >= 11 is 1.85. The number of hydrogen-bond acceptors (Lipinski definition) is 5. The van der Waals surface area contributed by atoms with E-state index in [4.69, 9.17) is 0 Å². The number of pyridine rings is 1. The van der Waals surface area contributed by atoms with Gasteiger partial charge in [-0.25, -0.2) is 4.98 Å². The summed E-state index contributed by atoms with van der Waals surface area (Å²) in [6.45, 7) is 12.7. The zero-order valence-corrected chi connectivity index (χ0v) is 17.2. The Kier molecular flexibility index (Phi) is 6.43. The zero-order chi connectivity index (χ0) is 18.5. The second kappa shape index (κ2) is 8.78. The lowest BCUT2D eigenvalue weighted by Gasteiger charge is -2.36. The largest absolute Gasteiger partial charge is 0.382 e. The third-order valence-electron chi connectivity index (χ3n) is 4.96. The molecule has 2 heterocycles. The monoisotopic (exact) mass is 370 g/mol. The molecule has 1 aliphatic rings. The number of aryl methyl sites for hydroxylation is 2. The first-order chi connectivity index (χ1) is 12.6. The molecule has 0 bridgehead atoms. The standard InChI is InChI=1S/C21H30N4S/c1-5-22-19-7-6-8-23-21(19)25-11-9-24(10-12-25)15-18-13-16(2)20(26-4)17(3)14-18/h6-8,13-14,22H,5,9-12,15H2,1-4H3. The summed E-state index contributed by atoms with van der Waals surface area (Å²) < 4.78 is 0. The van der Waals surface area contributed by atoms with Gasteiger partial charge < -0.3 is 10.2 Å². The van der Waals surface area contributed by atoms with E-state index in [2.05, 4.69) is 65.3 Å². The number of anilines is 2. The van der Waals surface area contributed by atoms with Crippen molar-refractivity contribution in [3.63, 3.8) is 0 Å². The van der Waals surface area contributed by atoms with Crippen LogP contribution in [0.4, 0.5) is 11.5 Å². The van der Waals surface area contributed by atoms with Crippen molar-refractivity contribution in [1.82, 2.24) is 9.88 Å². The zero-order valence-electron chi connectivity index (χ0n) is 16.4. The average Bonchev–Trinajstić information content (AvgIpc) is 2.63. The molecular formula is C21H30N4S. The third-order valence-corrected chi connectivity index (χ3v) is 6.01. The maximum absolute atomic E-state index is 4.61. The molecule has 0 radical (unpaired) electrons. The normalized spacial score (nSPS) is 15.3. The van der Waals surface area contributed by atoms with Gasteiger partial charge in [-0.05, 0) is 55.9 Å². The molecule has 4 nitrogen and oxygen atoms in total. The van der Waals surface area contributed by atoms with E-state index < -0.39 is 0 Å². The molecule has 5 heteroatoms.